The molecule has 0 spiro atoms. The molecule has 1 aromatic heterocycles. The third kappa shape index (κ3) is 2.14. The van der Waals surface area contributed by atoms with Crippen LogP contribution in [0.5, 0.6) is 0 Å². The summed E-state index contributed by atoms with van der Waals surface area (Å²) in [5, 5.41) is 14.4. The van der Waals surface area contributed by atoms with E-state index in [0.717, 1.165) is 39.3 Å². The Morgan fingerprint density at radius 3 is 2.45 bits per heavy atom. The zero-order chi connectivity index (χ0) is 14.3. The molecule has 20 heavy (non-hydrogen) atoms. The molecule has 0 saturated carbocycles. The number of anilines is 1. The van der Waals surface area contributed by atoms with E-state index in [2.05, 4.69) is 20.1 Å². The number of aromatic nitrogens is 2. The van der Waals surface area contributed by atoms with E-state index < -0.39 is 0 Å². The normalized spacial score (nSPS) is 21.0. The van der Waals surface area contributed by atoms with Gasteiger partial charge in [0.25, 0.3) is 0 Å². The molecule has 2 aliphatic heterocycles. The minimum Gasteiger partial charge on any atom is -0.358 e. The lowest BCUT2D eigenvalue weighted by Crippen LogP contribution is -2.61. The third-order valence-electron chi connectivity index (χ3n) is 4.33. The third-order valence-corrected chi connectivity index (χ3v) is 4.33. The maximum absolute atomic E-state index is 11.1. The number of piperazine rings is 1. The summed E-state index contributed by atoms with van der Waals surface area (Å²) in [5.41, 5.74) is 0. The summed E-state index contributed by atoms with van der Waals surface area (Å²) in [5.74, 6) is 1.29. The van der Waals surface area contributed by atoms with Crippen molar-refractivity contribution in [3.63, 3.8) is 0 Å². The van der Waals surface area contributed by atoms with Crippen LogP contribution < -0.4 is 10.2 Å². The SMILES string of the molecule is Cc1nc([N+](=O)[O-])c(N2CCN(C3CNC3)CC2)n1C. The van der Waals surface area contributed by atoms with Gasteiger partial charge in [-0.15, -0.1) is 0 Å². The minimum atomic E-state index is -0.384. The molecule has 8 nitrogen and oxygen atoms in total. The Morgan fingerprint density at radius 1 is 1.30 bits per heavy atom. The summed E-state index contributed by atoms with van der Waals surface area (Å²) in [7, 11) is 1.84. The molecule has 110 valence electrons. The van der Waals surface area contributed by atoms with Crippen molar-refractivity contribution in [1.82, 2.24) is 19.8 Å². The van der Waals surface area contributed by atoms with Crippen LogP contribution in [0.15, 0.2) is 0 Å². The van der Waals surface area contributed by atoms with Crippen LogP contribution in [0.4, 0.5) is 11.6 Å². The van der Waals surface area contributed by atoms with Crippen molar-refractivity contribution in [2.45, 2.75) is 13.0 Å². The minimum absolute atomic E-state index is 0.0243. The molecule has 0 atom stereocenters. The zero-order valence-electron chi connectivity index (χ0n) is 11.9. The highest BCUT2D eigenvalue weighted by molar-refractivity contribution is 5.56. The van der Waals surface area contributed by atoms with Crippen molar-refractivity contribution in [3.8, 4) is 0 Å². The molecule has 2 saturated heterocycles. The predicted molar refractivity (Wildman–Crippen MR) is 75.0 cm³/mol. The highest BCUT2D eigenvalue weighted by atomic mass is 16.6. The number of aryl methyl sites for hydroxylation is 1. The number of nitro groups is 1. The van der Waals surface area contributed by atoms with Gasteiger partial charge in [-0.05, 0) is 9.91 Å². The van der Waals surface area contributed by atoms with Crippen molar-refractivity contribution in [2.24, 2.45) is 7.05 Å². The molecule has 0 aliphatic carbocycles. The Bertz CT molecular complexity index is 516. The second-order valence-electron chi connectivity index (χ2n) is 5.46. The van der Waals surface area contributed by atoms with Crippen LogP contribution in [0.1, 0.15) is 5.82 Å². The van der Waals surface area contributed by atoms with E-state index in [0.29, 0.717) is 17.7 Å². The molecule has 3 rings (SSSR count). The van der Waals surface area contributed by atoms with Crippen molar-refractivity contribution < 1.29 is 4.92 Å². The van der Waals surface area contributed by atoms with E-state index in [-0.39, 0.29) is 10.7 Å². The first kappa shape index (κ1) is 13.3. The van der Waals surface area contributed by atoms with Gasteiger partial charge >= 0.3 is 5.82 Å². The number of hydrogen-bond donors (Lipinski definition) is 1. The molecule has 0 bridgehead atoms. The summed E-state index contributed by atoms with van der Waals surface area (Å²) in [6.45, 7) is 7.46. The molecule has 8 heteroatoms. The van der Waals surface area contributed by atoms with Crippen LogP contribution in [-0.2, 0) is 7.05 Å². The maximum atomic E-state index is 11.1. The predicted octanol–water partition coefficient (Wildman–Crippen LogP) is -0.269. The van der Waals surface area contributed by atoms with Crippen molar-refractivity contribution in [3.05, 3.63) is 15.9 Å². The van der Waals surface area contributed by atoms with E-state index in [1.165, 1.54) is 0 Å². The molecule has 0 amide bonds. The van der Waals surface area contributed by atoms with Gasteiger partial charge in [0, 0.05) is 59.3 Å². The monoisotopic (exact) mass is 280 g/mol. The van der Waals surface area contributed by atoms with Gasteiger partial charge < -0.3 is 20.3 Å². The highest BCUT2D eigenvalue weighted by Crippen LogP contribution is 2.29. The first-order chi connectivity index (χ1) is 9.58. The van der Waals surface area contributed by atoms with Gasteiger partial charge in [0.15, 0.2) is 0 Å². The number of rotatable bonds is 3. The van der Waals surface area contributed by atoms with Crippen LogP contribution in [0.2, 0.25) is 0 Å². The number of imidazole rings is 1. The lowest BCUT2D eigenvalue weighted by Gasteiger charge is -2.43. The summed E-state index contributed by atoms with van der Waals surface area (Å²) in [4.78, 5) is 19.4. The van der Waals surface area contributed by atoms with Gasteiger partial charge in [0.05, 0.1) is 0 Å². The Kier molecular flexibility index (Phi) is 3.35. The summed E-state index contributed by atoms with van der Waals surface area (Å²) in [6.07, 6.45) is 0. The zero-order valence-corrected chi connectivity index (χ0v) is 11.9. The smallest absolute Gasteiger partial charge is 0.358 e. The standard InChI is InChI=1S/C12H20N6O2/c1-9-14-11(18(19)20)12(15(9)2)17-5-3-16(4-6-17)10-7-13-8-10/h10,13H,3-8H2,1-2H3. The molecule has 1 N–H and O–H groups in total. The fourth-order valence-corrected chi connectivity index (χ4v) is 2.89. The summed E-state index contributed by atoms with van der Waals surface area (Å²) >= 11 is 0. The van der Waals surface area contributed by atoms with Gasteiger partial charge in [-0.3, -0.25) is 9.47 Å². The van der Waals surface area contributed by atoms with Crippen LogP contribution in [0.3, 0.4) is 0 Å². The first-order valence-electron chi connectivity index (χ1n) is 6.95. The average molecular weight is 280 g/mol. The van der Waals surface area contributed by atoms with Gasteiger partial charge in [0.1, 0.15) is 0 Å². The number of hydrogen-bond acceptors (Lipinski definition) is 6. The Hall–Kier alpha value is -1.67. The molecule has 2 aliphatic rings. The molecule has 3 heterocycles. The molecule has 2 fully saturated rings. The summed E-state index contributed by atoms with van der Waals surface area (Å²) in [6, 6.07) is 0.639. The van der Waals surface area contributed by atoms with Crippen LogP contribution in [0, 0.1) is 17.0 Å². The second-order valence-corrected chi connectivity index (χ2v) is 5.46. The van der Waals surface area contributed by atoms with Crippen molar-refractivity contribution in [2.75, 3.05) is 44.2 Å². The maximum Gasteiger partial charge on any atom is 0.406 e. The Labute approximate surface area is 117 Å². The largest absolute Gasteiger partial charge is 0.406 e. The molecule has 1 aromatic rings. The lowest BCUT2D eigenvalue weighted by molar-refractivity contribution is -0.388. The Morgan fingerprint density at radius 2 is 1.95 bits per heavy atom. The van der Waals surface area contributed by atoms with Gasteiger partial charge in [-0.2, -0.15) is 0 Å². The molecular formula is C12H20N6O2. The van der Waals surface area contributed by atoms with Crippen molar-refractivity contribution >= 4 is 11.6 Å². The molecular weight excluding hydrogens is 260 g/mol. The average Bonchev–Trinajstić information content (AvgIpc) is 2.65. The fraction of sp³-hybridized carbons (Fsp3) is 0.750. The van der Waals surface area contributed by atoms with Gasteiger partial charge in [-0.25, -0.2) is 0 Å². The van der Waals surface area contributed by atoms with Gasteiger partial charge in [0.2, 0.25) is 11.6 Å². The van der Waals surface area contributed by atoms with E-state index >= 15 is 0 Å². The van der Waals surface area contributed by atoms with Crippen LogP contribution in [0.25, 0.3) is 0 Å². The summed E-state index contributed by atoms with van der Waals surface area (Å²) < 4.78 is 1.82. The molecule has 0 unspecified atom stereocenters. The quantitative estimate of drug-likeness (QED) is 0.606. The number of nitrogens with zero attached hydrogens (tertiary/aromatic N) is 5. The Balaban J connectivity index is 1.75. The molecule has 0 radical (unpaired) electrons. The van der Waals surface area contributed by atoms with Crippen LogP contribution >= 0.6 is 0 Å². The highest BCUT2D eigenvalue weighted by Gasteiger charge is 2.33. The first-order valence-corrected chi connectivity index (χ1v) is 6.95. The van der Waals surface area contributed by atoms with E-state index in [1.54, 1.807) is 6.92 Å². The van der Waals surface area contributed by atoms with Gasteiger partial charge in [-0.1, -0.05) is 0 Å². The lowest BCUT2D eigenvalue weighted by atomic mass is 10.1. The van der Waals surface area contributed by atoms with E-state index in [9.17, 15) is 10.1 Å². The topological polar surface area (TPSA) is 79.5 Å². The molecule has 0 aromatic carbocycles. The second kappa shape index (κ2) is 5.02. The fourth-order valence-electron chi connectivity index (χ4n) is 2.89. The van der Waals surface area contributed by atoms with Crippen molar-refractivity contribution in [1.29, 1.82) is 0 Å². The van der Waals surface area contributed by atoms with Crippen LogP contribution in [-0.4, -0.2) is 64.7 Å². The number of nitrogens with one attached hydrogen (secondary N) is 1. The van der Waals surface area contributed by atoms with E-state index in [4.69, 9.17) is 0 Å². The van der Waals surface area contributed by atoms with E-state index in [1.807, 2.05) is 11.6 Å².